The Kier molecular flexibility index (Phi) is 8.89. The first-order chi connectivity index (χ1) is 13.2. The predicted octanol–water partition coefficient (Wildman–Crippen LogP) is 5.19. The quantitative estimate of drug-likeness (QED) is 0.469. The number of nitrogens with zero attached hydrogens (tertiary/aromatic N) is 3. The van der Waals surface area contributed by atoms with E-state index in [1.165, 1.54) is 29.1 Å². The summed E-state index contributed by atoms with van der Waals surface area (Å²) >= 11 is 2.83. The molecule has 8 heteroatoms. The topological polar surface area (TPSA) is 62.0 Å². The van der Waals surface area contributed by atoms with Crippen LogP contribution in [-0.2, 0) is 11.3 Å². The molecule has 0 saturated carbocycles. The molecule has 0 aliphatic carbocycles. The fourth-order valence-electron chi connectivity index (χ4n) is 2.81. The van der Waals surface area contributed by atoms with Crippen LogP contribution in [0, 0.1) is 5.41 Å². The molecule has 0 aliphatic rings. The number of rotatable bonds is 9. The number of carbonyl (C=O) groups is 1. The molecule has 0 unspecified atom stereocenters. The molecule has 0 atom stereocenters. The summed E-state index contributed by atoms with van der Waals surface area (Å²) in [5, 5.41) is 12.5. The third-order valence-electron chi connectivity index (χ3n) is 4.32. The maximum atomic E-state index is 13.0. The lowest BCUT2D eigenvalue weighted by molar-refractivity contribution is -0.119. The summed E-state index contributed by atoms with van der Waals surface area (Å²) in [5.41, 5.74) is 1.95. The van der Waals surface area contributed by atoms with Gasteiger partial charge in [-0.05, 0) is 6.42 Å². The van der Waals surface area contributed by atoms with Crippen LogP contribution >= 0.6 is 35.1 Å². The lowest BCUT2D eigenvalue weighted by Gasteiger charge is -2.20. The zero-order valence-electron chi connectivity index (χ0n) is 15.8. The second-order valence-corrected chi connectivity index (χ2v) is 8.05. The molecule has 28 heavy (non-hydrogen) atoms. The highest BCUT2D eigenvalue weighted by Gasteiger charge is 2.20. The Balaban J connectivity index is 0.00000280. The Morgan fingerprint density at radius 3 is 2.64 bits per heavy atom. The number of benzene rings is 1. The van der Waals surface area contributed by atoms with Crippen molar-refractivity contribution in [3.63, 3.8) is 0 Å². The van der Waals surface area contributed by atoms with E-state index in [0.717, 1.165) is 35.7 Å². The van der Waals surface area contributed by atoms with E-state index in [-0.39, 0.29) is 24.9 Å². The number of anilines is 1. The van der Waals surface area contributed by atoms with Crippen LogP contribution in [-0.4, -0.2) is 22.0 Å². The van der Waals surface area contributed by atoms with Gasteiger partial charge in [0.2, 0.25) is 5.91 Å². The summed E-state index contributed by atoms with van der Waals surface area (Å²) < 4.78 is 1.68. The lowest BCUT2D eigenvalue weighted by Crippen LogP contribution is -2.36. The van der Waals surface area contributed by atoms with E-state index in [1.54, 1.807) is 15.7 Å². The van der Waals surface area contributed by atoms with Gasteiger partial charge in [-0.25, -0.2) is 4.98 Å². The smallest absolute Gasteiger partial charge is 0.248 e. The summed E-state index contributed by atoms with van der Waals surface area (Å²) in [7, 11) is 0. The number of halogens is 1. The average Bonchev–Trinajstić information content (AvgIpc) is 3.32. The molecule has 1 N–H and O–H groups in total. The third kappa shape index (κ3) is 5.77. The van der Waals surface area contributed by atoms with Crippen molar-refractivity contribution in [1.29, 1.82) is 5.41 Å². The van der Waals surface area contributed by atoms with Crippen molar-refractivity contribution >= 4 is 46.1 Å². The second kappa shape index (κ2) is 11.1. The van der Waals surface area contributed by atoms with Gasteiger partial charge in [0.15, 0.2) is 9.93 Å². The Bertz CT molecular complexity index is 919. The van der Waals surface area contributed by atoms with Crippen LogP contribution in [0.3, 0.4) is 0 Å². The molecule has 1 aromatic carbocycles. The van der Waals surface area contributed by atoms with Crippen LogP contribution in [0.25, 0.3) is 11.3 Å². The maximum Gasteiger partial charge on any atom is 0.248 e. The van der Waals surface area contributed by atoms with Gasteiger partial charge in [0.25, 0.3) is 0 Å². The van der Waals surface area contributed by atoms with E-state index < -0.39 is 0 Å². The summed E-state index contributed by atoms with van der Waals surface area (Å²) in [6.45, 7) is 3.02. The molecule has 0 aliphatic heterocycles. The van der Waals surface area contributed by atoms with E-state index in [2.05, 4.69) is 6.92 Å². The van der Waals surface area contributed by atoms with Gasteiger partial charge in [-0.2, -0.15) is 0 Å². The van der Waals surface area contributed by atoms with Crippen molar-refractivity contribution in [2.45, 2.75) is 39.2 Å². The molecule has 2 heterocycles. The van der Waals surface area contributed by atoms with Crippen LogP contribution in [0.4, 0.5) is 5.13 Å². The van der Waals surface area contributed by atoms with Crippen LogP contribution in [0.15, 0.2) is 47.3 Å². The first-order valence-electron chi connectivity index (χ1n) is 9.19. The largest absolute Gasteiger partial charge is 0.315 e. The molecule has 0 radical (unpaired) electrons. The molecule has 2 aromatic heterocycles. The average molecular weight is 437 g/mol. The third-order valence-corrected chi connectivity index (χ3v) is 5.89. The molecule has 0 bridgehead atoms. The number of thiazole rings is 2. The number of carbonyl (C=O) groups excluding carboxylic acids is 1. The highest BCUT2D eigenvalue weighted by molar-refractivity contribution is 7.14. The van der Waals surface area contributed by atoms with E-state index in [4.69, 9.17) is 10.4 Å². The molecule has 0 fully saturated rings. The monoisotopic (exact) mass is 436 g/mol. The van der Waals surface area contributed by atoms with Crippen molar-refractivity contribution in [2.24, 2.45) is 0 Å². The van der Waals surface area contributed by atoms with Crippen LogP contribution in [0.5, 0.6) is 0 Å². The van der Waals surface area contributed by atoms with Gasteiger partial charge in [0, 0.05) is 29.1 Å². The first kappa shape index (κ1) is 22.3. The minimum atomic E-state index is -0.0163. The Labute approximate surface area is 179 Å². The number of nitrogens with one attached hydrogen (secondary N) is 1. The SMILES string of the molecule is CCCCCCN(C(=O)Cn1ccsc1=N)c1nc(-c2ccccc2)cs1.Cl. The van der Waals surface area contributed by atoms with Crippen molar-refractivity contribution in [1.82, 2.24) is 9.55 Å². The standard InChI is InChI=1S/C20H24N4OS2.ClH/c1-2-3-4-8-11-24(18(25)14-23-12-13-26-19(23)21)20-22-17(15-27-20)16-9-6-5-7-10-16;/h5-7,9-10,12-13,15,21H,2-4,8,11,14H2,1H3;1H. The molecular formula is C20H25ClN4OS2. The van der Waals surface area contributed by atoms with E-state index in [1.807, 2.05) is 41.1 Å². The van der Waals surface area contributed by atoms with Gasteiger partial charge in [-0.15, -0.1) is 35.1 Å². The number of amides is 1. The number of aromatic nitrogens is 2. The molecule has 3 rings (SSSR count). The minimum absolute atomic E-state index is 0. The van der Waals surface area contributed by atoms with Gasteiger partial charge in [-0.1, -0.05) is 56.5 Å². The van der Waals surface area contributed by atoms with Crippen LogP contribution in [0.2, 0.25) is 0 Å². The molecule has 150 valence electrons. The van der Waals surface area contributed by atoms with Crippen molar-refractivity contribution in [3.8, 4) is 11.3 Å². The van der Waals surface area contributed by atoms with Gasteiger partial charge >= 0.3 is 0 Å². The van der Waals surface area contributed by atoms with Gasteiger partial charge in [-0.3, -0.25) is 15.1 Å². The molecule has 5 nitrogen and oxygen atoms in total. The molecular weight excluding hydrogens is 412 g/mol. The van der Waals surface area contributed by atoms with E-state index in [9.17, 15) is 4.79 Å². The van der Waals surface area contributed by atoms with E-state index in [0.29, 0.717) is 11.3 Å². The molecule has 3 aromatic rings. The number of hydrogen-bond donors (Lipinski definition) is 1. The Morgan fingerprint density at radius 1 is 1.18 bits per heavy atom. The fourth-order valence-corrected chi connectivity index (χ4v) is 4.29. The summed E-state index contributed by atoms with van der Waals surface area (Å²) in [5.74, 6) is -0.0163. The minimum Gasteiger partial charge on any atom is -0.315 e. The highest BCUT2D eigenvalue weighted by Crippen LogP contribution is 2.28. The van der Waals surface area contributed by atoms with Gasteiger partial charge in [0.05, 0.1) is 5.69 Å². The van der Waals surface area contributed by atoms with Crippen molar-refractivity contribution < 1.29 is 4.79 Å². The number of hydrogen-bond acceptors (Lipinski definition) is 5. The summed E-state index contributed by atoms with van der Waals surface area (Å²) in [4.78, 5) is 19.9. The van der Waals surface area contributed by atoms with Gasteiger partial charge in [0.1, 0.15) is 6.54 Å². The normalized spacial score (nSPS) is 10.5. The van der Waals surface area contributed by atoms with Crippen molar-refractivity contribution in [2.75, 3.05) is 11.4 Å². The van der Waals surface area contributed by atoms with E-state index >= 15 is 0 Å². The second-order valence-electron chi connectivity index (χ2n) is 6.32. The first-order valence-corrected chi connectivity index (χ1v) is 10.9. The van der Waals surface area contributed by atoms with Crippen molar-refractivity contribution in [3.05, 3.63) is 52.1 Å². The molecule has 1 amide bonds. The molecule has 0 saturated heterocycles. The summed E-state index contributed by atoms with van der Waals surface area (Å²) in [6, 6.07) is 10.0. The Hall–Kier alpha value is -1.96. The predicted molar refractivity (Wildman–Crippen MR) is 119 cm³/mol. The summed E-state index contributed by atoms with van der Waals surface area (Å²) in [6.07, 6.45) is 6.19. The maximum absolute atomic E-state index is 13.0. The number of unbranched alkanes of at least 4 members (excludes halogenated alkanes) is 3. The highest BCUT2D eigenvalue weighted by atomic mass is 35.5. The molecule has 0 spiro atoms. The van der Waals surface area contributed by atoms with Crippen LogP contribution in [0.1, 0.15) is 32.6 Å². The fraction of sp³-hybridized carbons (Fsp3) is 0.350. The Morgan fingerprint density at radius 2 is 1.96 bits per heavy atom. The van der Waals surface area contributed by atoms with Gasteiger partial charge < -0.3 is 4.57 Å². The zero-order chi connectivity index (χ0) is 19.1. The zero-order valence-corrected chi connectivity index (χ0v) is 18.3. The van der Waals surface area contributed by atoms with Crippen LogP contribution < -0.4 is 9.70 Å². The lowest BCUT2D eigenvalue weighted by atomic mass is 10.2.